The normalized spacial score (nSPS) is 45.8. The Balaban J connectivity index is 2.13. The second kappa shape index (κ2) is 2.60. The molecule has 2 aliphatic carbocycles. The van der Waals surface area contributed by atoms with E-state index in [1.807, 2.05) is 0 Å². The molecule has 0 spiro atoms. The van der Waals surface area contributed by atoms with Gasteiger partial charge in [0.05, 0.1) is 6.10 Å². The summed E-state index contributed by atoms with van der Waals surface area (Å²) in [6, 6.07) is 0. The van der Waals surface area contributed by atoms with Crippen LogP contribution in [0.5, 0.6) is 0 Å². The molecule has 4 atom stereocenters. The van der Waals surface area contributed by atoms with Crippen LogP contribution in [0.1, 0.15) is 19.3 Å². The van der Waals surface area contributed by atoms with Gasteiger partial charge in [0.2, 0.25) is 0 Å². The van der Waals surface area contributed by atoms with Crippen molar-refractivity contribution in [3.63, 3.8) is 0 Å². The Labute approximate surface area is 72.0 Å². The summed E-state index contributed by atoms with van der Waals surface area (Å²) in [5.74, 6) is 3.33. The Hall–Kier alpha value is -0.810. The smallest absolute Gasteiger partial charge is 0.136 e. The van der Waals surface area contributed by atoms with E-state index < -0.39 is 0 Å². The zero-order valence-electron chi connectivity index (χ0n) is 6.86. The molecule has 0 bridgehead atoms. The molecule has 0 unspecified atom stereocenters. The van der Waals surface area contributed by atoms with E-state index in [0.717, 1.165) is 6.42 Å². The Bertz CT molecular complexity index is 251. The Morgan fingerprint density at radius 2 is 2.25 bits per heavy atom. The van der Waals surface area contributed by atoms with Gasteiger partial charge < -0.3 is 5.11 Å². The lowest BCUT2D eigenvalue weighted by molar-refractivity contribution is -0.141. The first-order valence-corrected chi connectivity index (χ1v) is 4.41. The Morgan fingerprint density at radius 3 is 2.83 bits per heavy atom. The van der Waals surface area contributed by atoms with E-state index in [1.54, 1.807) is 0 Å². The average molecular weight is 164 g/mol. The molecule has 1 N–H and O–H groups in total. The maximum Gasteiger partial charge on any atom is 0.136 e. The summed E-state index contributed by atoms with van der Waals surface area (Å²) in [6.45, 7) is 0. The highest BCUT2D eigenvalue weighted by molar-refractivity contribution is 5.87. The monoisotopic (exact) mass is 164 g/mol. The van der Waals surface area contributed by atoms with E-state index in [0.29, 0.717) is 18.6 Å². The number of aliphatic hydroxyl groups excluding tert-OH is 1. The van der Waals surface area contributed by atoms with E-state index in [1.165, 1.54) is 0 Å². The van der Waals surface area contributed by atoms with Gasteiger partial charge in [-0.1, -0.05) is 0 Å². The number of terminal acetylenes is 1. The summed E-state index contributed by atoms with van der Waals surface area (Å²) in [7, 11) is 0. The topological polar surface area (TPSA) is 37.3 Å². The summed E-state index contributed by atoms with van der Waals surface area (Å²) in [5, 5.41) is 9.52. The van der Waals surface area contributed by atoms with Crippen molar-refractivity contribution in [3.05, 3.63) is 0 Å². The SMILES string of the molecule is C#C[C@@H]1[C@H]2CC(=O)[C@H]2CC[C@H]1O. The quantitative estimate of drug-likeness (QED) is 0.532. The predicted molar refractivity (Wildman–Crippen MR) is 44.2 cm³/mol. The highest BCUT2D eigenvalue weighted by Gasteiger charge is 2.48. The predicted octanol–water partition coefficient (Wildman–Crippen LogP) is 0.596. The maximum absolute atomic E-state index is 11.1. The van der Waals surface area contributed by atoms with Crippen LogP contribution in [0.4, 0.5) is 0 Å². The fourth-order valence-electron chi connectivity index (χ4n) is 2.41. The molecule has 0 heterocycles. The van der Waals surface area contributed by atoms with Crippen molar-refractivity contribution in [2.75, 3.05) is 0 Å². The zero-order valence-corrected chi connectivity index (χ0v) is 6.86. The standard InChI is InChI=1S/C10H12O2/c1-2-6-8-5-10(12)7(8)3-4-9(6)11/h1,6-9,11H,3-5H2/t6-,7+,8-,9-/m1/s1. The summed E-state index contributed by atoms with van der Waals surface area (Å²) in [4.78, 5) is 11.1. The molecule has 0 aromatic heterocycles. The number of hydrogen-bond acceptors (Lipinski definition) is 2. The van der Waals surface area contributed by atoms with Crippen LogP contribution in [0.15, 0.2) is 0 Å². The molecule has 2 aliphatic rings. The van der Waals surface area contributed by atoms with Crippen LogP contribution in [-0.2, 0) is 4.79 Å². The van der Waals surface area contributed by atoms with E-state index in [2.05, 4.69) is 5.92 Å². The molecule has 12 heavy (non-hydrogen) atoms. The van der Waals surface area contributed by atoms with Gasteiger partial charge in [-0.3, -0.25) is 4.79 Å². The fraction of sp³-hybridized carbons (Fsp3) is 0.700. The largest absolute Gasteiger partial charge is 0.392 e. The zero-order chi connectivity index (χ0) is 8.72. The van der Waals surface area contributed by atoms with Crippen molar-refractivity contribution in [2.24, 2.45) is 17.8 Å². The average Bonchev–Trinajstić information content (AvgIpc) is 2.03. The first-order chi connectivity index (χ1) is 5.74. The van der Waals surface area contributed by atoms with Gasteiger partial charge in [0.25, 0.3) is 0 Å². The highest BCUT2D eigenvalue weighted by Crippen LogP contribution is 2.45. The number of fused-ring (bicyclic) bond motifs is 1. The molecule has 2 heteroatoms. The highest BCUT2D eigenvalue weighted by atomic mass is 16.3. The lowest BCUT2D eigenvalue weighted by Crippen LogP contribution is -2.48. The maximum atomic E-state index is 11.1. The number of aliphatic hydroxyl groups is 1. The van der Waals surface area contributed by atoms with Crippen LogP contribution in [0, 0.1) is 30.1 Å². The molecule has 2 fully saturated rings. The molecule has 0 radical (unpaired) electrons. The second-order valence-electron chi connectivity index (χ2n) is 3.78. The number of ketones is 1. The van der Waals surface area contributed by atoms with Gasteiger partial charge in [-0.2, -0.15) is 0 Å². The first-order valence-electron chi connectivity index (χ1n) is 4.41. The molecule has 64 valence electrons. The third-order valence-electron chi connectivity index (χ3n) is 3.21. The van der Waals surface area contributed by atoms with Gasteiger partial charge in [0, 0.05) is 18.3 Å². The van der Waals surface area contributed by atoms with Crippen molar-refractivity contribution < 1.29 is 9.90 Å². The summed E-state index contributed by atoms with van der Waals surface area (Å²) >= 11 is 0. The van der Waals surface area contributed by atoms with Gasteiger partial charge in [0.15, 0.2) is 0 Å². The number of carbonyl (C=O) groups is 1. The van der Waals surface area contributed by atoms with E-state index in [9.17, 15) is 9.90 Å². The van der Waals surface area contributed by atoms with Gasteiger partial charge in [-0.05, 0) is 18.8 Å². The molecular weight excluding hydrogens is 152 g/mol. The van der Waals surface area contributed by atoms with Crippen molar-refractivity contribution in [2.45, 2.75) is 25.4 Å². The third-order valence-corrected chi connectivity index (χ3v) is 3.21. The van der Waals surface area contributed by atoms with E-state index >= 15 is 0 Å². The van der Waals surface area contributed by atoms with Crippen LogP contribution in [-0.4, -0.2) is 17.0 Å². The molecule has 2 rings (SSSR count). The molecule has 0 saturated heterocycles. The van der Waals surface area contributed by atoms with Crippen molar-refractivity contribution in [1.82, 2.24) is 0 Å². The van der Waals surface area contributed by atoms with E-state index in [-0.39, 0.29) is 23.9 Å². The Kier molecular flexibility index (Phi) is 1.69. The minimum absolute atomic E-state index is 0.0681. The van der Waals surface area contributed by atoms with Crippen molar-refractivity contribution in [1.29, 1.82) is 0 Å². The van der Waals surface area contributed by atoms with Gasteiger partial charge in [-0.15, -0.1) is 12.3 Å². The van der Waals surface area contributed by atoms with Crippen LogP contribution in [0.25, 0.3) is 0 Å². The minimum atomic E-state index is -0.371. The molecule has 2 nitrogen and oxygen atoms in total. The van der Waals surface area contributed by atoms with Crippen LogP contribution < -0.4 is 0 Å². The third kappa shape index (κ3) is 0.899. The van der Waals surface area contributed by atoms with E-state index in [4.69, 9.17) is 6.42 Å². The number of rotatable bonds is 0. The summed E-state index contributed by atoms with van der Waals surface area (Å²) in [5.41, 5.74) is 0. The number of carbonyl (C=O) groups excluding carboxylic acids is 1. The number of hydrogen-bond donors (Lipinski definition) is 1. The Morgan fingerprint density at radius 1 is 1.50 bits per heavy atom. The summed E-state index contributed by atoms with van der Waals surface area (Å²) < 4.78 is 0. The lowest BCUT2D eigenvalue weighted by atomic mass is 9.59. The molecule has 0 aromatic carbocycles. The number of Topliss-reactive ketones (excluding diaryl/α,β-unsaturated/α-hetero) is 1. The second-order valence-corrected chi connectivity index (χ2v) is 3.78. The molecular formula is C10H12O2. The van der Waals surface area contributed by atoms with Crippen LogP contribution in [0.2, 0.25) is 0 Å². The molecule has 2 saturated carbocycles. The minimum Gasteiger partial charge on any atom is -0.392 e. The van der Waals surface area contributed by atoms with Crippen LogP contribution in [0.3, 0.4) is 0 Å². The van der Waals surface area contributed by atoms with Crippen LogP contribution >= 0.6 is 0 Å². The van der Waals surface area contributed by atoms with Crippen molar-refractivity contribution in [3.8, 4) is 12.3 Å². The van der Waals surface area contributed by atoms with Gasteiger partial charge in [-0.25, -0.2) is 0 Å². The lowest BCUT2D eigenvalue weighted by Gasteiger charge is -2.44. The summed E-state index contributed by atoms with van der Waals surface area (Å²) in [6.07, 6.45) is 7.06. The first kappa shape index (κ1) is 7.82. The molecule has 0 aliphatic heterocycles. The fourth-order valence-corrected chi connectivity index (χ4v) is 2.41. The molecule has 0 amide bonds. The molecule has 0 aromatic rings. The van der Waals surface area contributed by atoms with Gasteiger partial charge in [0.1, 0.15) is 5.78 Å². The van der Waals surface area contributed by atoms with Gasteiger partial charge >= 0.3 is 0 Å². The van der Waals surface area contributed by atoms with Crippen molar-refractivity contribution >= 4 is 5.78 Å².